The molecular formula is C32H46N4O4. The van der Waals surface area contributed by atoms with Crippen LogP contribution in [-0.4, -0.2) is 93.8 Å². The van der Waals surface area contributed by atoms with Crippen LogP contribution < -0.4 is 19.5 Å². The van der Waals surface area contributed by atoms with E-state index in [0.717, 1.165) is 68.3 Å². The SMILES string of the molecule is COc1ccc2cc1OCCCCN(Cc1cccc(OCCN(C)C)c1)CC(=O)NC[C@H]1C[C@H]2N2CCC[C@@H]12. The predicted molar refractivity (Wildman–Crippen MR) is 157 cm³/mol. The minimum Gasteiger partial charge on any atom is -0.493 e. The number of carbonyl (C=O) groups is 1. The molecular weight excluding hydrogens is 504 g/mol. The van der Waals surface area contributed by atoms with E-state index in [9.17, 15) is 4.79 Å². The van der Waals surface area contributed by atoms with Crippen LogP contribution in [0.3, 0.4) is 0 Å². The van der Waals surface area contributed by atoms with E-state index in [0.29, 0.717) is 44.3 Å². The molecule has 0 aromatic heterocycles. The summed E-state index contributed by atoms with van der Waals surface area (Å²) in [5.74, 6) is 3.07. The van der Waals surface area contributed by atoms with E-state index in [1.54, 1.807) is 7.11 Å². The zero-order valence-corrected chi connectivity index (χ0v) is 24.4. The number of carbonyl (C=O) groups excluding carboxylic acids is 1. The van der Waals surface area contributed by atoms with Crippen molar-refractivity contribution in [2.45, 2.75) is 50.7 Å². The van der Waals surface area contributed by atoms with Crippen molar-refractivity contribution < 1.29 is 19.0 Å². The molecule has 1 amide bonds. The van der Waals surface area contributed by atoms with E-state index in [1.165, 1.54) is 18.4 Å². The minimum absolute atomic E-state index is 0.112. The summed E-state index contributed by atoms with van der Waals surface area (Å²) in [6.45, 7) is 5.91. The first-order valence-corrected chi connectivity index (χ1v) is 14.9. The number of fused-ring (bicyclic) bond motifs is 8. The Hall–Kier alpha value is -2.81. The van der Waals surface area contributed by atoms with Crippen LogP contribution in [-0.2, 0) is 11.3 Å². The Morgan fingerprint density at radius 3 is 2.85 bits per heavy atom. The van der Waals surface area contributed by atoms with Crippen LogP contribution in [0.2, 0.25) is 0 Å². The van der Waals surface area contributed by atoms with E-state index >= 15 is 0 Å². The van der Waals surface area contributed by atoms with Gasteiger partial charge in [0.15, 0.2) is 11.5 Å². The van der Waals surface area contributed by atoms with Gasteiger partial charge in [-0.2, -0.15) is 0 Å². The second-order valence-electron chi connectivity index (χ2n) is 11.7. The maximum absolute atomic E-state index is 13.2. The molecule has 0 saturated carbocycles. The van der Waals surface area contributed by atoms with E-state index in [2.05, 4.69) is 44.3 Å². The molecule has 2 aromatic rings. The normalized spacial score (nSPS) is 24.4. The highest BCUT2D eigenvalue weighted by atomic mass is 16.5. The average Bonchev–Trinajstić information content (AvgIpc) is 3.54. The molecule has 4 bridgehead atoms. The van der Waals surface area contributed by atoms with Crippen LogP contribution in [0.5, 0.6) is 17.2 Å². The van der Waals surface area contributed by atoms with Gasteiger partial charge in [0, 0.05) is 31.7 Å². The van der Waals surface area contributed by atoms with Gasteiger partial charge in [0.25, 0.3) is 0 Å². The fourth-order valence-electron chi connectivity index (χ4n) is 6.52. The topological polar surface area (TPSA) is 66.5 Å². The van der Waals surface area contributed by atoms with Gasteiger partial charge in [-0.3, -0.25) is 14.6 Å². The fraction of sp³-hybridized carbons (Fsp3) is 0.594. The molecule has 8 nitrogen and oxygen atoms in total. The summed E-state index contributed by atoms with van der Waals surface area (Å²) in [6, 6.07) is 15.6. The lowest BCUT2D eigenvalue weighted by Crippen LogP contribution is -2.41. The summed E-state index contributed by atoms with van der Waals surface area (Å²) < 4.78 is 17.9. The molecule has 2 fully saturated rings. The third kappa shape index (κ3) is 7.28. The Morgan fingerprint density at radius 1 is 1.10 bits per heavy atom. The highest BCUT2D eigenvalue weighted by Gasteiger charge is 2.44. The van der Waals surface area contributed by atoms with Crippen LogP contribution in [0.15, 0.2) is 42.5 Å². The molecule has 3 aliphatic heterocycles. The number of likely N-dealkylation sites (N-methyl/N-ethyl adjacent to an activating group) is 1. The van der Waals surface area contributed by atoms with Gasteiger partial charge in [0.05, 0.1) is 20.3 Å². The zero-order chi connectivity index (χ0) is 27.9. The molecule has 2 aromatic carbocycles. The van der Waals surface area contributed by atoms with E-state index in [-0.39, 0.29) is 5.91 Å². The van der Waals surface area contributed by atoms with Crippen molar-refractivity contribution in [2.75, 3.05) is 67.1 Å². The van der Waals surface area contributed by atoms with Crippen molar-refractivity contribution in [3.05, 3.63) is 53.6 Å². The molecule has 3 aliphatic rings. The summed E-state index contributed by atoms with van der Waals surface area (Å²) in [5, 5.41) is 3.31. The quantitative estimate of drug-likeness (QED) is 0.560. The number of hydrogen-bond acceptors (Lipinski definition) is 7. The number of rotatable bonds is 7. The van der Waals surface area contributed by atoms with Crippen LogP contribution in [0.25, 0.3) is 0 Å². The molecule has 2 saturated heterocycles. The first-order valence-electron chi connectivity index (χ1n) is 14.9. The Bertz CT molecular complexity index is 1130. The van der Waals surface area contributed by atoms with Crippen molar-refractivity contribution in [2.24, 2.45) is 5.92 Å². The van der Waals surface area contributed by atoms with Gasteiger partial charge in [-0.15, -0.1) is 0 Å². The van der Waals surface area contributed by atoms with Crippen LogP contribution in [0, 0.1) is 5.92 Å². The van der Waals surface area contributed by atoms with Crippen molar-refractivity contribution in [1.82, 2.24) is 20.0 Å². The van der Waals surface area contributed by atoms with Crippen molar-refractivity contribution in [1.29, 1.82) is 0 Å². The lowest BCUT2D eigenvalue weighted by molar-refractivity contribution is -0.122. The number of ether oxygens (including phenoxy) is 3. The zero-order valence-electron chi connectivity index (χ0n) is 24.4. The minimum atomic E-state index is 0.112. The molecule has 218 valence electrons. The van der Waals surface area contributed by atoms with Crippen molar-refractivity contribution >= 4 is 5.91 Å². The van der Waals surface area contributed by atoms with Crippen molar-refractivity contribution in [3.63, 3.8) is 0 Å². The molecule has 0 spiro atoms. The maximum Gasteiger partial charge on any atom is 0.234 e. The highest BCUT2D eigenvalue weighted by Crippen LogP contribution is 2.46. The Balaban J connectivity index is 1.29. The first-order chi connectivity index (χ1) is 19.5. The summed E-state index contributed by atoms with van der Waals surface area (Å²) in [4.78, 5) is 20.2. The fourth-order valence-corrected chi connectivity index (χ4v) is 6.52. The molecule has 0 aliphatic carbocycles. The lowest BCUT2D eigenvalue weighted by Gasteiger charge is -2.25. The number of benzene rings is 2. The monoisotopic (exact) mass is 550 g/mol. The van der Waals surface area contributed by atoms with Gasteiger partial charge in [0.1, 0.15) is 12.4 Å². The molecule has 0 radical (unpaired) electrons. The van der Waals surface area contributed by atoms with Gasteiger partial charge in [0.2, 0.25) is 5.91 Å². The number of amides is 1. The summed E-state index contributed by atoms with van der Waals surface area (Å²) in [7, 11) is 5.79. The predicted octanol–water partition coefficient (Wildman–Crippen LogP) is 3.95. The van der Waals surface area contributed by atoms with Crippen LogP contribution in [0.4, 0.5) is 0 Å². The third-order valence-corrected chi connectivity index (χ3v) is 8.55. The number of hydrogen-bond donors (Lipinski definition) is 1. The average molecular weight is 551 g/mol. The number of nitrogens with zero attached hydrogens (tertiary/aromatic N) is 3. The number of nitrogens with one attached hydrogen (secondary N) is 1. The summed E-state index contributed by atoms with van der Waals surface area (Å²) >= 11 is 0. The lowest BCUT2D eigenvalue weighted by atomic mass is 9.94. The Morgan fingerprint density at radius 2 is 2.00 bits per heavy atom. The summed E-state index contributed by atoms with van der Waals surface area (Å²) in [5.41, 5.74) is 2.45. The van der Waals surface area contributed by atoms with E-state index in [1.807, 2.05) is 32.3 Å². The van der Waals surface area contributed by atoms with E-state index in [4.69, 9.17) is 14.2 Å². The molecule has 40 heavy (non-hydrogen) atoms. The number of methoxy groups -OCH3 is 1. The van der Waals surface area contributed by atoms with Crippen LogP contribution in [0.1, 0.15) is 49.3 Å². The third-order valence-electron chi connectivity index (χ3n) is 8.55. The highest BCUT2D eigenvalue weighted by molar-refractivity contribution is 5.78. The maximum atomic E-state index is 13.2. The van der Waals surface area contributed by atoms with Gasteiger partial charge in [-0.05, 0) is 101 Å². The second kappa shape index (κ2) is 13.7. The van der Waals surface area contributed by atoms with E-state index < -0.39 is 0 Å². The van der Waals surface area contributed by atoms with Crippen molar-refractivity contribution in [3.8, 4) is 17.2 Å². The molecule has 0 unspecified atom stereocenters. The molecule has 3 atom stereocenters. The smallest absolute Gasteiger partial charge is 0.234 e. The van der Waals surface area contributed by atoms with Gasteiger partial charge in [-0.25, -0.2) is 0 Å². The van der Waals surface area contributed by atoms with Gasteiger partial charge < -0.3 is 24.4 Å². The standard InChI is InChI=1S/C32H46N4O4/c1-34(2)15-17-39-27-9-6-8-24(18-27)22-35-13-4-5-16-40-31-20-25(11-12-30(31)38-3)29-19-26(21-33-32(37)23-35)28-10-7-14-36(28)29/h6,8-9,11-12,18,20,26,28-29H,4-5,7,10,13-17,19,21-23H2,1-3H3,(H,33,37)/t26-,28+,29-/m1/s1. The molecule has 3 heterocycles. The Labute approximate surface area is 239 Å². The summed E-state index contributed by atoms with van der Waals surface area (Å²) in [6.07, 6.45) is 5.32. The first kappa shape index (κ1) is 28.7. The van der Waals surface area contributed by atoms with Gasteiger partial charge in [-0.1, -0.05) is 18.2 Å². The molecule has 5 rings (SSSR count). The van der Waals surface area contributed by atoms with Crippen LogP contribution >= 0.6 is 0 Å². The van der Waals surface area contributed by atoms with Gasteiger partial charge >= 0.3 is 0 Å². The Kier molecular flexibility index (Phi) is 9.83. The molecule has 1 N–H and O–H groups in total. The molecule has 8 heteroatoms. The largest absolute Gasteiger partial charge is 0.493 e. The second-order valence-corrected chi connectivity index (χ2v) is 11.7.